The van der Waals surface area contributed by atoms with E-state index in [-0.39, 0.29) is 29.1 Å². The van der Waals surface area contributed by atoms with E-state index in [1.165, 1.54) is 5.56 Å². The summed E-state index contributed by atoms with van der Waals surface area (Å²) in [7, 11) is 0. The number of halogens is 1. The fourth-order valence-electron chi connectivity index (χ4n) is 4.39. The van der Waals surface area contributed by atoms with Gasteiger partial charge >= 0.3 is 0 Å². The van der Waals surface area contributed by atoms with Crippen molar-refractivity contribution in [2.45, 2.75) is 45.7 Å². The van der Waals surface area contributed by atoms with E-state index in [4.69, 9.17) is 20.4 Å². The minimum Gasteiger partial charge on any atom is -0.467 e. The highest BCUT2D eigenvalue weighted by molar-refractivity contribution is 6.32. The standard InChI is InChI=1S/C27H24ClNO4/c1-15-12-21-19(13-20(15)28)24(30)22-23(16-7-9-17(10-8-16)27(2,3)4)29(26(31)25(22)33-21)14-18-6-5-11-32-18/h5-13,23H,14H2,1-4H3. The number of fused-ring (bicyclic) bond motifs is 2. The maximum Gasteiger partial charge on any atom is 0.291 e. The average Bonchev–Trinajstić information content (AvgIpc) is 3.37. The number of carbonyl (C=O) groups excluding carboxylic acids is 1. The van der Waals surface area contributed by atoms with Gasteiger partial charge < -0.3 is 13.7 Å². The Hall–Kier alpha value is -3.31. The molecule has 1 aliphatic rings. The van der Waals surface area contributed by atoms with Crippen LogP contribution in [0, 0.1) is 6.92 Å². The van der Waals surface area contributed by atoms with Crippen LogP contribution in [0.2, 0.25) is 5.02 Å². The first-order valence-electron chi connectivity index (χ1n) is 10.9. The second-order valence-corrected chi connectivity index (χ2v) is 9.97. The summed E-state index contributed by atoms with van der Waals surface area (Å²) in [5.74, 6) is 0.368. The molecular formula is C27H24ClNO4. The zero-order chi connectivity index (χ0) is 23.5. The molecule has 1 atom stereocenters. The Bertz CT molecular complexity index is 1430. The molecule has 2 aromatic heterocycles. The summed E-state index contributed by atoms with van der Waals surface area (Å²) < 4.78 is 11.5. The quantitative estimate of drug-likeness (QED) is 0.354. The highest BCUT2D eigenvalue weighted by Gasteiger charge is 2.43. The Labute approximate surface area is 196 Å². The summed E-state index contributed by atoms with van der Waals surface area (Å²) in [4.78, 5) is 28.8. The number of aryl methyl sites for hydroxylation is 1. The molecule has 0 fully saturated rings. The van der Waals surface area contributed by atoms with E-state index < -0.39 is 6.04 Å². The van der Waals surface area contributed by atoms with Gasteiger partial charge in [0.25, 0.3) is 5.91 Å². The Morgan fingerprint density at radius 1 is 1.06 bits per heavy atom. The highest BCUT2D eigenvalue weighted by Crippen LogP contribution is 2.40. The van der Waals surface area contributed by atoms with Gasteiger partial charge in [0.15, 0.2) is 5.43 Å². The molecule has 1 unspecified atom stereocenters. The van der Waals surface area contributed by atoms with Gasteiger partial charge in [0.05, 0.1) is 29.8 Å². The fraction of sp³-hybridized carbons (Fsp3) is 0.259. The summed E-state index contributed by atoms with van der Waals surface area (Å²) in [6.07, 6.45) is 1.57. The lowest BCUT2D eigenvalue weighted by Gasteiger charge is -2.25. The van der Waals surface area contributed by atoms with Gasteiger partial charge in [0.2, 0.25) is 5.76 Å². The van der Waals surface area contributed by atoms with Crippen LogP contribution in [0.3, 0.4) is 0 Å². The smallest absolute Gasteiger partial charge is 0.291 e. The van der Waals surface area contributed by atoms with E-state index >= 15 is 0 Å². The highest BCUT2D eigenvalue weighted by atomic mass is 35.5. The molecule has 4 aromatic rings. The lowest BCUT2D eigenvalue weighted by Crippen LogP contribution is -2.29. The van der Waals surface area contributed by atoms with Crippen molar-refractivity contribution in [3.05, 3.63) is 104 Å². The van der Waals surface area contributed by atoms with Crippen LogP contribution >= 0.6 is 11.6 Å². The van der Waals surface area contributed by atoms with Crippen LogP contribution in [0.15, 0.2) is 68.4 Å². The van der Waals surface area contributed by atoms with Crippen molar-refractivity contribution in [2.24, 2.45) is 0 Å². The molecule has 6 heteroatoms. The van der Waals surface area contributed by atoms with Gasteiger partial charge in [0.1, 0.15) is 11.3 Å². The second kappa shape index (κ2) is 7.63. The number of nitrogens with zero attached hydrogens (tertiary/aromatic N) is 1. The molecule has 5 nitrogen and oxygen atoms in total. The van der Waals surface area contributed by atoms with Crippen LogP contribution < -0.4 is 5.43 Å². The molecule has 0 saturated heterocycles. The predicted molar refractivity (Wildman–Crippen MR) is 128 cm³/mol. The van der Waals surface area contributed by atoms with E-state index in [1.54, 1.807) is 29.4 Å². The van der Waals surface area contributed by atoms with Gasteiger partial charge in [-0.1, -0.05) is 56.6 Å². The number of hydrogen-bond acceptors (Lipinski definition) is 4. The van der Waals surface area contributed by atoms with Crippen LogP contribution in [0.25, 0.3) is 11.0 Å². The van der Waals surface area contributed by atoms with Gasteiger partial charge in [0, 0.05) is 5.02 Å². The first-order valence-corrected chi connectivity index (χ1v) is 11.2. The summed E-state index contributed by atoms with van der Waals surface area (Å²) in [6.45, 7) is 8.49. The normalized spacial score (nSPS) is 16.0. The Morgan fingerprint density at radius 3 is 2.42 bits per heavy atom. The fourth-order valence-corrected chi connectivity index (χ4v) is 4.55. The van der Waals surface area contributed by atoms with Crippen molar-refractivity contribution in [3.8, 4) is 0 Å². The van der Waals surface area contributed by atoms with Crippen molar-refractivity contribution in [1.82, 2.24) is 4.90 Å². The monoisotopic (exact) mass is 461 g/mol. The second-order valence-electron chi connectivity index (χ2n) is 9.56. The molecule has 0 aliphatic carbocycles. The van der Waals surface area contributed by atoms with Crippen molar-refractivity contribution < 1.29 is 13.6 Å². The van der Waals surface area contributed by atoms with Crippen LogP contribution in [0.1, 0.15) is 65.4 Å². The maximum atomic E-state index is 13.7. The van der Waals surface area contributed by atoms with Crippen molar-refractivity contribution in [2.75, 3.05) is 0 Å². The molecule has 168 valence electrons. The van der Waals surface area contributed by atoms with Crippen LogP contribution in [-0.4, -0.2) is 10.8 Å². The van der Waals surface area contributed by atoms with Gasteiger partial charge in [-0.15, -0.1) is 0 Å². The van der Waals surface area contributed by atoms with E-state index in [9.17, 15) is 9.59 Å². The Morgan fingerprint density at radius 2 is 1.79 bits per heavy atom. The van der Waals surface area contributed by atoms with Crippen molar-refractivity contribution in [1.29, 1.82) is 0 Å². The number of carbonyl (C=O) groups is 1. The average molecular weight is 462 g/mol. The summed E-state index contributed by atoms with van der Waals surface area (Å²) in [6, 6.07) is 14.4. The zero-order valence-electron chi connectivity index (χ0n) is 18.9. The summed E-state index contributed by atoms with van der Waals surface area (Å²) >= 11 is 6.31. The van der Waals surface area contributed by atoms with Gasteiger partial charge in [-0.25, -0.2) is 0 Å². The van der Waals surface area contributed by atoms with Crippen LogP contribution in [0.4, 0.5) is 0 Å². The molecule has 5 rings (SSSR count). The third kappa shape index (κ3) is 3.57. The molecule has 33 heavy (non-hydrogen) atoms. The van der Waals surface area contributed by atoms with E-state index in [0.717, 1.165) is 11.1 Å². The molecule has 2 aromatic carbocycles. The number of hydrogen-bond donors (Lipinski definition) is 0. The molecule has 0 spiro atoms. The topological polar surface area (TPSA) is 63.7 Å². The molecule has 0 saturated carbocycles. The Kier molecular flexibility index (Phi) is 4.98. The van der Waals surface area contributed by atoms with Crippen molar-refractivity contribution in [3.63, 3.8) is 0 Å². The van der Waals surface area contributed by atoms with Gasteiger partial charge in [-0.2, -0.15) is 0 Å². The minimum atomic E-state index is -0.590. The summed E-state index contributed by atoms with van der Waals surface area (Å²) in [5.41, 5.74) is 3.22. The van der Waals surface area contributed by atoms with Crippen LogP contribution in [-0.2, 0) is 12.0 Å². The number of rotatable bonds is 3. The first-order chi connectivity index (χ1) is 15.6. The number of benzene rings is 2. The minimum absolute atomic E-state index is 0.0143. The molecule has 0 bridgehead atoms. The molecule has 1 aliphatic heterocycles. The van der Waals surface area contributed by atoms with Gasteiger partial charge in [-0.05, 0) is 53.3 Å². The molecule has 0 N–H and O–H groups in total. The molecule has 0 radical (unpaired) electrons. The lowest BCUT2D eigenvalue weighted by molar-refractivity contribution is 0.0701. The third-order valence-corrected chi connectivity index (χ3v) is 6.65. The SMILES string of the molecule is Cc1cc2oc3c(c(=O)c2cc1Cl)C(c1ccc(C(C)(C)C)cc1)N(Cc1ccco1)C3=O. The van der Waals surface area contributed by atoms with E-state index in [2.05, 4.69) is 20.8 Å². The predicted octanol–water partition coefficient (Wildman–Crippen LogP) is 6.39. The molecular weight excluding hydrogens is 438 g/mol. The van der Waals surface area contributed by atoms with E-state index in [1.807, 2.05) is 37.3 Å². The summed E-state index contributed by atoms with van der Waals surface area (Å²) in [5, 5.41) is 0.853. The molecule has 3 heterocycles. The molecule has 1 amide bonds. The lowest BCUT2D eigenvalue weighted by atomic mass is 9.86. The zero-order valence-corrected chi connectivity index (χ0v) is 19.7. The first kappa shape index (κ1) is 21.5. The van der Waals surface area contributed by atoms with Crippen molar-refractivity contribution >= 4 is 28.5 Å². The van der Waals surface area contributed by atoms with Crippen LogP contribution in [0.5, 0.6) is 0 Å². The van der Waals surface area contributed by atoms with E-state index in [0.29, 0.717) is 27.3 Å². The third-order valence-electron chi connectivity index (χ3n) is 6.25. The number of furan rings is 1. The largest absolute Gasteiger partial charge is 0.467 e. The Balaban J connectivity index is 1.72. The number of amides is 1. The maximum absolute atomic E-state index is 13.7. The van der Waals surface area contributed by atoms with Gasteiger partial charge in [-0.3, -0.25) is 9.59 Å².